The van der Waals surface area contributed by atoms with Crippen LogP contribution >= 0.6 is 0 Å². The van der Waals surface area contributed by atoms with E-state index in [1.54, 1.807) is 25.1 Å². The molecule has 0 spiro atoms. The number of aliphatic hydroxyl groups is 1. The van der Waals surface area contributed by atoms with Gasteiger partial charge in [-0.3, -0.25) is 9.48 Å². The van der Waals surface area contributed by atoms with Gasteiger partial charge < -0.3 is 14.6 Å². The number of halogens is 3. The van der Waals surface area contributed by atoms with Gasteiger partial charge in [-0.1, -0.05) is 12.1 Å². The van der Waals surface area contributed by atoms with Gasteiger partial charge in [0.05, 0.1) is 47.8 Å². The van der Waals surface area contributed by atoms with E-state index in [0.717, 1.165) is 24.1 Å². The predicted molar refractivity (Wildman–Crippen MR) is 118 cm³/mol. The maximum Gasteiger partial charge on any atom is 0.424 e. The summed E-state index contributed by atoms with van der Waals surface area (Å²) in [4.78, 5) is 18.8. The highest BCUT2D eigenvalue weighted by atomic mass is 19.4. The molecule has 0 bridgehead atoms. The molecule has 1 aliphatic heterocycles. The molecule has 2 aliphatic rings. The molecule has 2 aromatic heterocycles. The Morgan fingerprint density at radius 2 is 1.91 bits per heavy atom. The molecule has 1 amide bonds. The maximum absolute atomic E-state index is 13.4. The third-order valence-corrected chi connectivity index (χ3v) is 6.58. The molecule has 8 nitrogen and oxygen atoms in total. The number of benzene rings is 1. The van der Waals surface area contributed by atoms with E-state index in [0.29, 0.717) is 18.2 Å². The molecular weight excluding hydrogens is 461 g/mol. The van der Waals surface area contributed by atoms with Gasteiger partial charge in [0.15, 0.2) is 11.5 Å². The van der Waals surface area contributed by atoms with Crippen LogP contribution in [0.5, 0.6) is 0 Å². The predicted octanol–water partition coefficient (Wildman–Crippen LogP) is 3.94. The van der Waals surface area contributed by atoms with Crippen LogP contribution in [0.1, 0.15) is 66.3 Å². The van der Waals surface area contributed by atoms with E-state index in [1.165, 1.54) is 15.7 Å². The van der Waals surface area contributed by atoms with Crippen LogP contribution in [0, 0.1) is 11.3 Å². The number of amides is 1. The average molecular weight is 484 g/mol. The van der Waals surface area contributed by atoms with Crippen LogP contribution in [0.25, 0.3) is 11.3 Å². The Hall–Kier alpha value is -3.65. The number of hydrogen-bond acceptors (Lipinski definition) is 5. The lowest BCUT2D eigenvalue weighted by atomic mass is 10.0. The molecule has 1 aliphatic carbocycles. The highest BCUT2D eigenvalue weighted by Gasteiger charge is 2.55. The van der Waals surface area contributed by atoms with Gasteiger partial charge in [-0.2, -0.15) is 23.5 Å². The minimum absolute atomic E-state index is 0.0482. The SMILES string of the molecule is C[C@H]1CN(C(=O)c2cc(-c3ccc(C#N)cc3)n(C3CC3)n2)Cc2cnc(C(C)(O)C(F)(F)F)n21. The topological polar surface area (TPSA) is 100.0 Å². The van der Waals surface area contributed by atoms with E-state index >= 15 is 0 Å². The van der Waals surface area contributed by atoms with Crippen LogP contribution in [0.3, 0.4) is 0 Å². The second kappa shape index (κ2) is 7.95. The molecule has 2 atom stereocenters. The van der Waals surface area contributed by atoms with Crippen LogP contribution < -0.4 is 0 Å². The van der Waals surface area contributed by atoms with Crippen LogP contribution in [0.2, 0.25) is 0 Å². The van der Waals surface area contributed by atoms with Crippen LogP contribution in [0.15, 0.2) is 36.5 Å². The molecule has 3 heterocycles. The number of fused-ring (bicyclic) bond motifs is 1. The summed E-state index contributed by atoms with van der Waals surface area (Å²) in [5.41, 5.74) is -0.301. The van der Waals surface area contributed by atoms with Gasteiger partial charge in [-0.05, 0) is 50.5 Å². The van der Waals surface area contributed by atoms with Crippen molar-refractivity contribution in [2.75, 3.05) is 6.54 Å². The minimum atomic E-state index is -4.89. The molecule has 1 aromatic carbocycles. The Morgan fingerprint density at radius 1 is 1.23 bits per heavy atom. The monoisotopic (exact) mass is 484 g/mol. The van der Waals surface area contributed by atoms with Crippen LogP contribution in [0.4, 0.5) is 13.2 Å². The molecule has 182 valence electrons. The van der Waals surface area contributed by atoms with Crippen molar-refractivity contribution < 1.29 is 23.1 Å². The number of nitriles is 1. The zero-order chi connectivity index (χ0) is 25.1. The fraction of sp³-hybridized carbons (Fsp3) is 0.417. The standard InChI is InChI=1S/C24H23F3N6O2/c1-14-12-31(13-18-11-29-22(32(14)18)23(2,35)24(25,26)27)21(34)19-9-20(33(30-19)17-7-8-17)16-5-3-15(10-28)4-6-16/h3-6,9,11,14,17,35H,7-8,12-13H2,1-2H3/t14-,23?/m0/s1. The van der Waals surface area contributed by atoms with Crippen molar-refractivity contribution in [1.82, 2.24) is 24.2 Å². The summed E-state index contributed by atoms with van der Waals surface area (Å²) >= 11 is 0. The normalized spacial score (nSPS) is 19.7. The number of aromatic nitrogens is 4. The second-order valence-electron chi connectivity index (χ2n) is 9.33. The fourth-order valence-electron chi connectivity index (χ4n) is 4.50. The zero-order valence-corrected chi connectivity index (χ0v) is 19.1. The summed E-state index contributed by atoms with van der Waals surface area (Å²) in [5, 5.41) is 23.8. The van der Waals surface area contributed by atoms with Crippen molar-refractivity contribution in [2.45, 2.75) is 57.1 Å². The second-order valence-corrected chi connectivity index (χ2v) is 9.33. The first kappa shape index (κ1) is 23.1. The quantitative estimate of drug-likeness (QED) is 0.605. The van der Waals surface area contributed by atoms with E-state index in [4.69, 9.17) is 5.26 Å². The molecule has 1 unspecified atom stereocenters. The number of hydrogen-bond donors (Lipinski definition) is 1. The summed E-state index contributed by atoms with van der Waals surface area (Å²) in [6.07, 6.45) is -1.70. The molecule has 1 saturated carbocycles. The minimum Gasteiger partial charge on any atom is -0.374 e. The first-order valence-corrected chi connectivity index (χ1v) is 11.3. The number of carbonyl (C=O) groups excluding carboxylic acids is 1. The lowest BCUT2D eigenvalue weighted by Crippen LogP contribution is -2.45. The molecule has 3 aromatic rings. The van der Waals surface area contributed by atoms with Crippen molar-refractivity contribution in [3.63, 3.8) is 0 Å². The zero-order valence-electron chi connectivity index (χ0n) is 19.1. The van der Waals surface area contributed by atoms with Gasteiger partial charge >= 0.3 is 6.18 Å². The van der Waals surface area contributed by atoms with Crippen molar-refractivity contribution >= 4 is 5.91 Å². The van der Waals surface area contributed by atoms with Crippen LogP contribution in [-0.2, 0) is 12.1 Å². The number of carbonyl (C=O) groups is 1. The van der Waals surface area contributed by atoms with Gasteiger partial charge in [0.25, 0.3) is 5.91 Å². The van der Waals surface area contributed by atoms with Gasteiger partial charge in [0, 0.05) is 6.54 Å². The molecule has 1 N–H and O–H groups in total. The number of imidazole rings is 1. The summed E-state index contributed by atoms with van der Waals surface area (Å²) < 4.78 is 43.5. The molecular formula is C24H23F3N6O2. The third kappa shape index (κ3) is 3.87. The highest BCUT2D eigenvalue weighted by molar-refractivity contribution is 5.93. The van der Waals surface area contributed by atoms with E-state index < -0.39 is 23.6 Å². The number of nitrogens with zero attached hydrogens (tertiary/aromatic N) is 6. The van der Waals surface area contributed by atoms with E-state index in [2.05, 4.69) is 16.2 Å². The third-order valence-electron chi connectivity index (χ3n) is 6.58. The first-order valence-electron chi connectivity index (χ1n) is 11.3. The van der Waals surface area contributed by atoms with Crippen molar-refractivity contribution in [2.24, 2.45) is 0 Å². The summed E-state index contributed by atoms with van der Waals surface area (Å²) in [6, 6.07) is 10.5. The Balaban J connectivity index is 1.44. The maximum atomic E-state index is 13.4. The number of alkyl halides is 3. The molecule has 1 fully saturated rings. The fourth-order valence-corrected chi connectivity index (χ4v) is 4.50. The summed E-state index contributed by atoms with van der Waals surface area (Å²) in [5.74, 6) is -0.816. The lowest BCUT2D eigenvalue weighted by molar-refractivity contribution is -0.263. The van der Waals surface area contributed by atoms with E-state index in [-0.39, 0.29) is 30.7 Å². The first-order chi connectivity index (χ1) is 16.5. The molecule has 11 heteroatoms. The van der Waals surface area contributed by atoms with Crippen molar-refractivity contribution in [3.8, 4) is 17.3 Å². The molecule has 0 saturated heterocycles. The van der Waals surface area contributed by atoms with E-state index in [1.807, 2.05) is 16.8 Å². The van der Waals surface area contributed by atoms with Crippen molar-refractivity contribution in [3.05, 3.63) is 59.3 Å². The van der Waals surface area contributed by atoms with Gasteiger partial charge in [-0.15, -0.1) is 0 Å². The highest BCUT2D eigenvalue weighted by Crippen LogP contribution is 2.41. The summed E-state index contributed by atoms with van der Waals surface area (Å²) in [6.45, 7) is 2.56. The average Bonchev–Trinajstić information content (AvgIpc) is 3.40. The Labute approximate surface area is 199 Å². The van der Waals surface area contributed by atoms with Crippen molar-refractivity contribution in [1.29, 1.82) is 5.26 Å². The van der Waals surface area contributed by atoms with Gasteiger partial charge in [-0.25, -0.2) is 4.98 Å². The number of rotatable bonds is 4. The Kier molecular flexibility index (Phi) is 5.25. The molecule has 35 heavy (non-hydrogen) atoms. The van der Waals surface area contributed by atoms with Gasteiger partial charge in [0.2, 0.25) is 5.60 Å². The lowest BCUT2D eigenvalue weighted by Gasteiger charge is -2.35. The Bertz CT molecular complexity index is 1330. The summed E-state index contributed by atoms with van der Waals surface area (Å²) in [7, 11) is 0. The Morgan fingerprint density at radius 3 is 2.51 bits per heavy atom. The van der Waals surface area contributed by atoms with Crippen LogP contribution in [-0.4, -0.2) is 48.0 Å². The largest absolute Gasteiger partial charge is 0.424 e. The van der Waals surface area contributed by atoms with Gasteiger partial charge in [0.1, 0.15) is 0 Å². The molecule has 0 radical (unpaired) electrons. The smallest absolute Gasteiger partial charge is 0.374 e. The molecule has 5 rings (SSSR count). The van der Waals surface area contributed by atoms with E-state index in [9.17, 15) is 23.1 Å².